The summed E-state index contributed by atoms with van der Waals surface area (Å²) in [4.78, 5) is 22.4. The second kappa shape index (κ2) is 8.63. The number of aliphatic carboxylic acids is 1. The van der Waals surface area contributed by atoms with E-state index in [1.165, 1.54) is 0 Å². The Morgan fingerprint density at radius 2 is 1.58 bits per heavy atom. The molecule has 0 radical (unpaired) electrons. The molecule has 0 bridgehead atoms. The molecule has 0 unspecified atom stereocenters. The van der Waals surface area contributed by atoms with Crippen molar-refractivity contribution < 1.29 is 50.5 Å². The number of carbonyl (C=O) groups is 2. The number of carboxylic acids is 1. The zero-order valence-corrected chi connectivity index (χ0v) is 12.9. The van der Waals surface area contributed by atoms with E-state index >= 15 is 0 Å². The Balaban J connectivity index is 2.96. The van der Waals surface area contributed by atoms with Crippen LogP contribution in [-0.2, 0) is 4.79 Å². The monoisotopic (exact) mass is 389 g/mol. The molecule has 0 aliphatic rings. The maximum atomic E-state index is 12.3. The normalized spacial score (nSPS) is 11.8. The van der Waals surface area contributed by atoms with Gasteiger partial charge in [0.1, 0.15) is 11.5 Å². The van der Waals surface area contributed by atoms with Gasteiger partial charge in [-0.1, -0.05) is 0 Å². The molecule has 6 nitrogen and oxygen atoms in total. The molecule has 26 heavy (non-hydrogen) atoms. The van der Waals surface area contributed by atoms with Crippen molar-refractivity contribution in [3.05, 3.63) is 23.8 Å². The standard InChI is InChI=1S/C14H13F6NO5/c15-13(16,17)6-25-8-1-2-10(26-7-14(18,19)20)9(5-8)12(24)21-4-3-11(22)23/h1-2,5H,3-4,6-7H2,(H,21,24)(H,22,23). The average Bonchev–Trinajstić information content (AvgIpc) is 2.49. The molecule has 0 saturated carbocycles. The Hall–Kier alpha value is -2.66. The van der Waals surface area contributed by atoms with Crippen LogP contribution in [0.5, 0.6) is 11.5 Å². The maximum Gasteiger partial charge on any atom is 0.422 e. The number of amides is 1. The molecule has 12 heteroatoms. The van der Waals surface area contributed by atoms with Gasteiger partial charge in [-0.25, -0.2) is 0 Å². The Kier molecular flexibility index (Phi) is 7.10. The van der Waals surface area contributed by atoms with Crippen LogP contribution >= 0.6 is 0 Å². The molecular formula is C14H13F6NO5. The number of halogens is 6. The molecule has 0 spiro atoms. The van der Waals surface area contributed by atoms with E-state index in [1.54, 1.807) is 0 Å². The topological polar surface area (TPSA) is 84.9 Å². The maximum absolute atomic E-state index is 12.3. The van der Waals surface area contributed by atoms with Gasteiger partial charge in [0.25, 0.3) is 5.91 Å². The molecule has 0 aliphatic carbocycles. The molecule has 1 rings (SSSR count). The summed E-state index contributed by atoms with van der Waals surface area (Å²) in [5, 5.41) is 10.6. The first kappa shape index (κ1) is 21.4. The highest BCUT2D eigenvalue weighted by Crippen LogP contribution is 2.27. The van der Waals surface area contributed by atoms with E-state index in [1.807, 2.05) is 0 Å². The van der Waals surface area contributed by atoms with E-state index < -0.39 is 60.9 Å². The van der Waals surface area contributed by atoms with E-state index in [2.05, 4.69) is 14.8 Å². The summed E-state index contributed by atoms with van der Waals surface area (Å²) >= 11 is 0. The quantitative estimate of drug-likeness (QED) is 0.668. The molecule has 0 saturated heterocycles. The minimum Gasteiger partial charge on any atom is -0.484 e. The minimum absolute atomic E-state index is 0.347. The number of alkyl halides is 6. The van der Waals surface area contributed by atoms with E-state index in [-0.39, 0.29) is 6.54 Å². The Morgan fingerprint density at radius 1 is 1.00 bits per heavy atom. The van der Waals surface area contributed by atoms with Crippen molar-refractivity contribution in [3.8, 4) is 11.5 Å². The number of hydrogen-bond acceptors (Lipinski definition) is 4. The van der Waals surface area contributed by atoms with Gasteiger partial charge in [-0.2, -0.15) is 26.3 Å². The predicted octanol–water partition coefficient (Wildman–Crippen LogP) is 2.77. The fourth-order valence-electron chi connectivity index (χ4n) is 1.61. The number of hydrogen-bond donors (Lipinski definition) is 2. The Labute approximate surface area is 142 Å². The molecule has 0 aliphatic heterocycles. The Bertz CT molecular complexity index is 644. The van der Waals surface area contributed by atoms with Crippen LogP contribution in [0.1, 0.15) is 16.8 Å². The zero-order valence-electron chi connectivity index (χ0n) is 12.9. The van der Waals surface area contributed by atoms with Crippen LogP contribution in [0.25, 0.3) is 0 Å². The third-order valence-electron chi connectivity index (χ3n) is 2.61. The summed E-state index contributed by atoms with van der Waals surface area (Å²) in [7, 11) is 0. The Morgan fingerprint density at radius 3 is 2.12 bits per heavy atom. The van der Waals surface area contributed by atoms with E-state index in [0.29, 0.717) is 0 Å². The van der Waals surface area contributed by atoms with Crippen molar-refractivity contribution >= 4 is 11.9 Å². The van der Waals surface area contributed by atoms with Gasteiger partial charge in [-0.3, -0.25) is 9.59 Å². The first-order valence-corrected chi connectivity index (χ1v) is 6.90. The summed E-state index contributed by atoms with van der Waals surface area (Å²) < 4.78 is 82.2. The van der Waals surface area contributed by atoms with Crippen LogP contribution in [-0.4, -0.2) is 49.1 Å². The molecule has 146 valence electrons. The van der Waals surface area contributed by atoms with Crippen molar-refractivity contribution in [1.82, 2.24) is 5.32 Å². The molecule has 0 fully saturated rings. The fraction of sp³-hybridized carbons (Fsp3) is 0.429. The fourth-order valence-corrected chi connectivity index (χ4v) is 1.61. The van der Waals surface area contributed by atoms with Crippen molar-refractivity contribution in [3.63, 3.8) is 0 Å². The van der Waals surface area contributed by atoms with Gasteiger partial charge in [0.2, 0.25) is 0 Å². The molecule has 0 aromatic heterocycles. The van der Waals surface area contributed by atoms with Crippen molar-refractivity contribution in [1.29, 1.82) is 0 Å². The van der Waals surface area contributed by atoms with Crippen LogP contribution < -0.4 is 14.8 Å². The van der Waals surface area contributed by atoms with Gasteiger partial charge < -0.3 is 19.9 Å². The summed E-state index contributed by atoms with van der Waals surface area (Å²) in [5.74, 6) is -3.23. The lowest BCUT2D eigenvalue weighted by Gasteiger charge is -2.15. The van der Waals surface area contributed by atoms with Gasteiger partial charge in [0.15, 0.2) is 13.2 Å². The van der Waals surface area contributed by atoms with Crippen LogP contribution in [0.4, 0.5) is 26.3 Å². The van der Waals surface area contributed by atoms with Crippen molar-refractivity contribution in [2.75, 3.05) is 19.8 Å². The van der Waals surface area contributed by atoms with Crippen LogP contribution in [0.2, 0.25) is 0 Å². The van der Waals surface area contributed by atoms with Gasteiger partial charge in [-0.15, -0.1) is 0 Å². The summed E-state index contributed by atoms with van der Waals surface area (Å²) in [5.41, 5.74) is -0.528. The van der Waals surface area contributed by atoms with E-state index in [9.17, 15) is 35.9 Å². The molecular weight excluding hydrogens is 376 g/mol. The predicted molar refractivity (Wildman–Crippen MR) is 74.1 cm³/mol. The first-order valence-electron chi connectivity index (χ1n) is 6.90. The number of rotatable bonds is 8. The number of carbonyl (C=O) groups excluding carboxylic acids is 1. The third kappa shape index (κ3) is 8.44. The number of carboxylic acid groups (broad SMARTS) is 1. The zero-order chi connectivity index (χ0) is 20.0. The lowest BCUT2D eigenvalue weighted by molar-refractivity contribution is -0.154. The lowest BCUT2D eigenvalue weighted by Crippen LogP contribution is -2.27. The number of ether oxygens (including phenoxy) is 2. The van der Waals surface area contributed by atoms with Crippen molar-refractivity contribution in [2.45, 2.75) is 18.8 Å². The average molecular weight is 389 g/mol. The minimum atomic E-state index is -4.71. The second-order valence-corrected chi connectivity index (χ2v) is 4.87. The third-order valence-corrected chi connectivity index (χ3v) is 2.61. The lowest BCUT2D eigenvalue weighted by atomic mass is 10.1. The highest BCUT2D eigenvalue weighted by Gasteiger charge is 2.30. The van der Waals surface area contributed by atoms with Gasteiger partial charge in [0, 0.05) is 6.54 Å². The molecule has 1 aromatic rings. The first-order chi connectivity index (χ1) is 11.9. The summed E-state index contributed by atoms with van der Waals surface area (Å²) in [6, 6.07) is 2.53. The van der Waals surface area contributed by atoms with Crippen LogP contribution in [0.3, 0.4) is 0 Å². The smallest absolute Gasteiger partial charge is 0.422 e. The second-order valence-electron chi connectivity index (χ2n) is 4.87. The molecule has 1 amide bonds. The summed E-state index contributed by atoms with van der Waals surface area (Å²) in [6.07, 6.45) is -9.83. The highest BCUT2D eigenvalue weighted by atomic mass is 19.4. The number of benzene rings is 1. The highest BCUT2D eigenvalue weighted by molar-refractivity contribution is 5.97. The molecule has 1 aromatic carbocycles. The SMILES string of the molecule is O=C(O)CCNC(=O)c1cc(OCC(F)(F)F)ccc1OCC(F)(F)F. The van der Waals surface area contributed by atoms with Gasteiger partial charge >= 0.3 is 18.3 Å². The molecule has 0 heterocycles. The number of nitrogens with one attached hydrogen (secondary N) is 1. The van der Waals surface area contributed by atoms with E-state index in [4.69, 9.17) is 5.11 Å². The molecule has 0 atom stereocenters. The largest absolute Gasteiger partial charge is 0.484 e. The van der Waals surface area contributed by atoms with Crippen LogP contribution in [0.15, 0.2) is 18.2 Å². The summed E-state index contributed by atoms with van der Waals surface area (Å²) in [6.45, 7) is -3.75. The molecule has 2 N–H and O–H groups in total. The van der Waals surface area contributed by atoms with Crippen LogP contribution in [0, 0.1) is 0 Å². The van der Waals surface area contributed by atoms with Gasteiger partial charge in [0.05, 0.1) is 12.0 Å². The van der Waals surface area contributed by atoms with Crippen molar-refractivity contribution in [2.24, 2.45) is 0 Å². The van der Waals surface area contributed by atoms with E-state index in [0.717, 1.165) is 18.2 Å². The van der Waals surface area contributed by atoms with Gasteiger partial charge in [-0.05, 0) is 18.2 Å².